The summed E-state index contributed by atoms with van der Waals surface area (Å²) in [4.78, 5) is 10.3. The Hall–Kier alpha value is -0.160. The molecule has 0 aromatic heterocycles. The summed E-state index contributed by atoms with van der Waals surface area (Å²) >= 11 is 0. The second kappa shape index (κ2) is 8.24. The summed E-state index contributed by atoms with van der Waals surface area (Å²) in [5.41, 5.74) is 0.596. The van der Waals surface area contributed by atoms with Crippen LogP contribution in [-0.4, -0.2) is 97.1 Å². The average Bonchev–Trinajstić information content (AvgIpc) is 2.42. The zero-order valence-corrected chi connectivity index (χ0v) is 18.3. The first-order valence-corrected chi connectivity index (χ1v) is 10.3. The lowest BCUT2D eigenvalue weighted by Crippen LogP contribution is -2.55. The van der Waals surface area contributed by atoms with Gasteiger partial charge in [0.2, 0.25) is 0 Å². The van der Waals surface area contributed by atoms with Crippen molar-refractivity contribution in [1.82, 2.24) is 19.6 Å². The largest absolute Gasteiger partial charge is 0.301 e. The van der Waals surface area contributed by atoms with Crippen LogP contribution in [0, 0.1) is 11.8 Å². The van der Waals surface area contributed by atoms with Gasteiger partial charge in [-0.3, -0.25) is 4.90 Å². The van der Waals surface area contributed by atoms with E-state index < -0.39 is 0 Å². The van der Waals surface area contributed by atoms with E-state index in [1.165, 1.54) is 58.8 Å². The molecule has 0 aromatic rings. The Morgan fingerprint density at radius 3 is 1.76 bits per heavy atom. The van der Waals surface area contributed by atoms with Crippen LogP contribution in [0.25, 0.3) is 0 Å². The molecule has 2 saturated heterocycles. The molecule has 2 fully saturated rings. The number of likely N-dealkylation sites (N-methyl/N-ethyl adjacent to an activating group) is 2. The van der Waals surface area contributed by atoms with Crippen LogP contribution >= 0.6 is 0 Å². The smallest absolute Gasteiger partial charge is 0.0154 e. The standard InChI is InChI=1S/C21H44N4/c1-18-14-24(15-18)12-10-23(8)21(5,6)13-19-16-25(17-19)11-9-22(7)20(2,3)4/h18-19H,9-17H2,1-8H3. The molecule has 0 unspecified atom stereocenters. The zero-order chi connectivity index (χ0) is 18.8. The fraction of sp³-hybridized carbons (Fsp3) is 1.00. The molecule has 2 aliphatic heterocycles. The van der Waals surface area contributed by atoms with Crippen molar-refractivity contribution in [2.75, 3.05) is 66.5 Å². The molecule has 0 aliphatic carbocycles. The van der Waals surface area contributed by atoms with Gasteiger partial charge in [0, 0.05) is 63.4 Å². The van der Waals surface area contributed by atoms with E-state index in [0.29, 0.717) is 5.54 Å². The van der Waals surface area contributed by atoms with Crippen LogP contribution in [0.5, 0.6) is 0 Å². The van der Waals surface area contributed by atoms with E-state index in [1.54, 1.807) is 0 Å². The van der Waals surface area contributed by atoms with Gasteiger partial charge in [-0.1, -0.05) is 6.92 Å². The van der Waals surface area contributed by atoms with Crippen LogP contribution in [0.4, 0.5) is 0 Å². The number of rotatable bonds is 9. The second-order valence-corrected chi connectivity index (χ2v) is 10.5. The van der Waals surface area contributed by atoms with Gasteiger partial charge in [-0.15, -0.1) is 0 Å². The molecule has 25 heavy (non-hydrogen) atoms. The van der Waals surface area contributed by atoms with Gasteiger partial charge in [-0.25, -0.2) is 0 Å². The minimum Gasteiger partial charge on any atom is -0.301 e. The van der Waals surface area contributed by atoms with Gasteiger partial charge in [0.15, 0.2) is 0 Å². The molecular weight excluding hydrogens is 308 g/mol. The quantitative estimate of drug-likeness (QED) is 0.632. The Bertz CT molecular complexity index is 403. The lowest BCUT2D eigenvalue weighted by molar-refractivity contribution is 0.0225. The zero-order valence-electron chi connectivity index (χ0n) is 18.3. The first kappa shape index (κ1) is 21.1. The maximum absolute atomic E-state index is 2.63. The second-order valence-electron chi connectivity index (χ2n) is 10.5. The number of hydrogen-bond donors (Lipinski definition) is 0. The lowest BCUT2D eigenvalue weighted by atomic mass is 9.84. The molecule has 0 saturated carbocycles. The fourth-order valence-electron chi connectivity index (χ4n) is 4.08. The predicted octanol–water partition coefficient (Wildman–Crippen LogP) is 2.70. The van der Waals surface area contributed by atoms with Crippen LogP contribution < -0.4 is 0 Å². The number of hydrogen-bond acceptors (Lipinski definition) is 4. The maximum atomic E-state index is 2.63. The summed E-state index contributed by atoms with van der Waals surface area (Å²) in [6, 6.07) is 0. The van der Waals surface area contributed by atoms with Gasteiger partial charge in [0.1, 0.15) is 0 Å². The fourth-order valence-corrected chi connectivity index (χ4v) is 4.08. The van der Waals surface area contributed by atoms with E-state index in [9.17, 15) is 0 Å². The van der Waals surface area contributed by atoms with Gasteiger partial charge in [-0.2, -0.15) is 0 Å². The van der Waals surface area contributed by atoms with Crippen LogP contribution in [0.1, 0.15) is 48.0 Å². The topological polar surface area (TPSA) is 13.0 Å². The average molecular weight is 353 g/mol. The van der Waals surface area contributed by atoms with Crippen molar-refractivity contribution >= 4 is 0 Å². The van der Waals surface area contributed by atoms with Crippen molar-refractivity contribution in [2.24, 2.45) is 11.8 Å². The van der Waals surface area contributed by atoms with E-state index in [-0.39, 0.29) is 5.54 Å². The van der Waals surface area contributed by atoms with Gasteiger partial charge < -0.3 is 14.7 Å². The molecule has 0 N–H and O–H groups in total. The van der Waals surface area contributed by atoms with Gasteiger partial charge in [0.05, 0.1) is 0 Å². The van der Waals surface area contributed by atoms with Crippen molar-refractivity contribution < 1.29 is 0 Å². The first-order valence-electron chi connectivity index (χ1n) is 10.3. The maximum Gasteiger partial charge on any atom is 0.0154 e. The highest BCUT2D eigenvalue weighted by molar-refractivity contribution is 4.90. The summed E-state index contributed by atoms with van der Waals surface area (Å²) in [5, 5.41) is 0. The minimum atomic E-state index is 0.281. The molecule has 0 amide bonds. The molecule has 148 valence electrons. The molecule has 2 aliphatic rings. The Balaban J connectivity index is 1.61. The van der Waals surface area contributed by atoms with Crippen molar-refractivity contribution in [1.29, 1.82) is 0 Å². The highest BCUT2D eigenvalue weighted by Crippen LogP contribution is 2.29. The van der Waals surface area contributed by atoms with Crippen molar-refractivity contribution in [2.45, 2.75) is 59.0 Å². The van der Waals surface area contributed by atoms with Gasteiger partial charge >= 0.3 is 0 Å². The monoisotopic (exact) mass is 352 g/mol. The normalized spacial score (nSPS) is 21.8. The van der Waals surface area contributed by atoms with Crippen LogP contribution in [0.3, 0.4) is 0 Å². The summed E-state index contributed by atoms with van der Waals surface area (Å²) in [5.74, 6) is 1.79. The summed E-state index contributed by atoms with van der Waals surface area (Å²) in [7, 11) is 4.56. The molecule has 2 rings (SSSR count). The molecule has 0 atom stereocenters. The first-order chi connectivity index (χ1) is 11.5. The number of nitrogens with zero attached hydrogens (tertiary/aromatic N) is 4. The van der Waals surface area contributed by atoms with Gasteiger partial charge in [0.25, 0.3) is 0 Å². The molecule has 0 aromatic carbocycles. The van der Waals surface area contributed by atoms with Crippen LogP contribution in [-0.2, 0) is 0 Å². The van der Waals surface area contributed by atoms with Crippen molar-refractivity contribution in [3.8, 4) is 0 Å². The molecule has 4 nitrogen and oxygen atoms in total. The summed E-state index contributed by atoms with van der Waals surface area (Å²) < 4.78 is 0. The van der Waals surface area contributed by atoms with Crippen LogP contribution in [0.15, 0.2) is 0 Å². The predicted molar refractivity (Wildman–Crippen MR) is 109 cm³/mol. The van der Waals surface area contributed by atoms with E-state index in [0.717, 1.165) is 11.8 Å². The number of likely N-dealkylation sites (tertiary alicyclic amines) is 2. The Morgan fingerprint density at radius 2 is 1.28 bits per heavy atom. The van der Waals surface area contributed by atoms with E-state index in [4.69, 9.17) is 0 Å². The molecule has 0 spiro atoms. The molecular formula is C21H44N4. The minimum absolute atomic E-state index is 0.281. The SMILES string of the molecule is CC1CN(CCN(C)C(C)(C)CC2CN(CCN(C)C(C)(C)C)C2)C1. The highest BCUT2D eigenvalue weighted by Gasteiger charge is 2.34. The summed E-state index contributed by atoms with van der Waals surface area (Å²) in [6.45, 7) is 24.1. The Morgan fingerprint density at radius 1 is 0.800 bits per heavy atom. The van der Waals surface area contributed by atoms with Crippen LogP contribution in [0.2, 0.25) is 0 Å². The summed E-state index contributed by atoms with van der Waals surface area (Å²) in [6.07, 6.45) is 1.32. The van der Waals surface area contributed by atoms with E-state index >= 15 is 0 Å². The molecule has 4 heteroatoms. The van der Waals surface area contributed by atoms with Crippen molar-refractivity contribution in [3.63, 3.8) is 0 Å². The van der Waals surface area contributed by atoms with E-state index in [1.807, 2.05) is 0 Å². The highest BCUT2D eigenvalue weighted by atomic mass is 15.3. The third kappa shape index (κ3) is 6.20. The molecule has 2 heterocycles. The lowest BCUT2D eigenvalue weighted by Gasteiger charge is -2.47. The third-order valence-corrected chi connectivity index (χ3v) is 6.64. The Kier molecular flexibility index (Phi) is 6.97. The van der Waals surface area contributed by atoms with E-state index in [2.05, 4.69) is 75.2 Å². The third-order valence-electron chi connectivity index (χ3n) is 6.64. The van der Waals surface area contributed by atoms with Gasteiger partial charge in [-0.05, 0) is 67.0 Å². The van der Waals surface area contributed by atoms with Crippen molar-refractivity contribution in [3.05, 3.63) is 0 Å². The molecule has 0 bridgehead atoms. The Labute approximate surface area is 157 Å². The molecule has 0 radical (unpaired) electrons.